The lowest BCUT2D eigenvalue weighted by Gasteiger charge is -2.10. The highest BCUT2D eigenvalue weighted by Crippen LogP contribution is 2.26. The Morgan fingerprint density at radius 2 is 1.60 bits per heavy atom. The standard InChI is InChI=1S/C9H7F5O/c1-2-6-7(10)3-5(4-8(6)11)15-9(12,13)14/h3-4H,2H2,1H3. The van der Waals surface area contributed by atoms with Crippen LogP contribution in [0.5, 0.6) is 5.75 Å². The second kappa shape index (κ2) is 4.04. The Morgan fingerprint density at radius 3 is 1.93 bits per heavy atom. The van der Waals surface area contributed by atoms with E-state index in [1.165, 1.54) is 6.92 Å². The highest BCUT2D eigenvalue weighted by Gasteiger charge is 2.31. The molecule has 0 aliphatic heterocycles. The van der Waals surface area contributed by atoms with E-state index in [-0.39, 0.29) is 12.0 Å². The third-order valence-corrected chi connectivity index (χ3v) is 1.70. The minimum absolute atomic E-state index is 0.0595. The van der Waals surface area contributed by atoms with Crippen LogP contribution in [0.2, 0.25) is 0 Å². The Kier molecular flexibility index (Phi) is 3.16. The maximum Gasteiger partial charge on any atom is 0.573 e. The van der Waals surface area contributed by atoms with E-state index in [2.05, 4.69) is 4.74 Å². The van der Waals surface area contributed by atoms with E-state index in [9.17, 15) is 22.0 Å². The van der Waals surface area contributed by atoms with Crippen LogP contribution < -0.4 is 4.74 Å². The van der Waals surface area contributed by atoms with E-state index in [0.717, 1.165) is 0 Å². The summed E-state index contributed by atoms with van der Waals surface area (Å²) >= 11 is 0. The number of rotatable bonds is 2. The number of alkyl halides is 3. The third kappa shape index (κ3) is 3.07. The fraction of sp³-hybridized carbons (Fsp3) is 0.333. The molecule has 0 radical (unpaired) electrons. The monoisotopic (exact) mass is 226 g/mol. The highest BCUT2D eigenvalue weighted by atomic mass is 19.4. The fourth-order valence-electron chi connectivity index (χ4n) is 1.11. The number of halogens is 5. The van der Waals surface area contributed by atoms with Crippen LogP contribution in [0, 0.1) is 11.6 Å². The van der Waals surface area contributed by atoms with Crippen molar-refractivity contribution in [2.45, 2.75) is 19.7 Å². The van der Waals surface area contributed by atoms with Crippen molar-refractivity contribution in [3.63, 3.8) is 0 Å². The molecule has 6 heteroatoms. The van der Waals surface area contributed by atoms with Crippen LogP contribution in [0.4, 0.5) is 22.0 Å². The lowest BCUT2D eigenvalue weighted by atomic mass is 10.1. The first-order valence-corrected chi connectivity index (χ1v) is 4.07. The van der Waals surface area contributed by atoms with Crippen LogP contribution in [0.1, 0.15) is 12.5 Å². The van der Waals surface area contributed by atoms with Gasteiger partial charge in [0.2, 0.25) is 0 Å². The molecule has 0 aromatic heterocycles. The summed E-state index contributed by atoms with van der Waals surface area (Å²) in [6.07, 6.45) is -4.89. The zero-order chi connectivity index (χ0) is 11.6. The van der Waals surface area contributed by atoms with Crippen molar-refractivity contribution in [1.29, 1.82) is 0 Å². The van der Waals surface area contributed by atoms with Crippen molar-refractivity contribution >= 4 is 0 Å². The van der Waals surface area contributed by atoms with Gasteiger partial charge in [0.15, 0.2) is 0 Å². The smallest absolute Gasteiger partial charge is 0.406 e. The third-order valence-electron chi connectivity index (χ3n) is 1.70. The van der Waals surface area contributed by atoms with Gasteiger partial charge in [-0.2, -0.15) is 0 Å². The van der Waals surface area contributed by atoms with Gasteiger partial charge >= 0.3 is 6.36 Å². The molecule has 0 saturated carbocycles. The zero-order valence-corrected chi connectivity index (χ0v) is 7.66. The van der Waals surface area contributed by atoms with Gasteiger partial charge in [0.1, 0.15) is 17.4 Å². The summed E-state index contributed by atoms with van der Waals surface area (Å²) < 4.78 is 64.5. The molecule has 0 atom stereocenters. The SMILES string of the molecule is CCc1c(F)cc(OC(F)(F)F)cc1F. The molecular formula is C9H7F5O. The van der Waals surface area contributed by atoms with Crippen molar-refractivity contribution in [2.24, 2.45) is 0 Å². The van der Waals surface area contributed by atoms with Gasteiger partial charge in [-0.15, -0.1) is 13.2 Å². The van der Waals surface area contributed by atoms with Gasteiger partial charge in [-0.1, -0.05) is 6.92 Å². The molecular weight excluding hydrogens is 219 g/mol. The normalized spacial score (nSPS) is 11.6. The molecule has 0 amide bonds. The van der Waals surface area contributed by atoms with Gasteiger partial charge in [-0.05, 0) is 6.42 Å². The van der Waals surface area contributed by atoms with Crippen molar-refractivity contribution in [3.8, 4) is 5.75 Å². The molecule has 0 fully saturated rings. The largest absolute Gasteiger partial charge is 0.573 e. The van der Waals surface area contributed by atoms with E-state index in [1.807, 2.05) is 0 Å². The van der Waals surface area contributed by atoms with Gasteiger partial charge in [-0.25, -0.2) is 8.78 Å². The molecule has 1 rings (SSSR count). The lowest BCUT2D eigenvalue weighted by molar-refractivity contribution is -0.274. The Bertz CT molecular complexity index is 335. The molecule has 0 N–H and O–H groups in total. The second-order valence-electron chi connectivity index (χ2n) is 2.77. The molecule has 0 aliphatic carbocycles. The molecule has 0 unspecified atom stereocenters. The Hall–Kier alpha value is -1.33. The Labute approximate surface area is 82.5 Å². The summed E-state index contributed by atoms with van der Waals surface area (Å²) in [5, 5.41) is 0. The predicted molar refractivity (Wildman–Crippen MR) is 42.4 cm³/mol. The molecule has 84 valence electrons. The van der Waals surface area contributed by atoms with E-state index >= 15 is 0 Å². The van der Waals surface area contributed by atoms with Gasteiger partial charge in [0, 0.05) is 17.7 Å². The van der Waals surface area contributed by atoms with E-state index in [1.54, 1.807) is 0 Å². The fourth-order valence-corrected chi connectivity index (χ4v) is 1.11. The van der Waals surface area contributed by atoms with Crippen LogP contribution in [0.3, 0.4) is 0 Å². The number of ether oxygens (including phenoxy) is 1. The first-order chi connectivity index (χ1) is 6.83. The van der Waals surface area contributed by atoms with Crippen molar-refractivity contribution in [3.05, 3.63) is 29.3 Å². The summed E-state index contributed by atoms with van der Waals surface area (Å²) in [5.41, 5.74) is -0.260. The molecule has 1 nitrogen and oxygen atoms in total. The Morgan fingerprint density at radius 1 is 1.13 bits per heavy atom. The van der Waals surface area contributed by atoms with E-state index in [4.69, 9.17) is 0 Å². The van der Waals surface area contributed by atoms with Crippen LogP contribution >= 0.6 is 0 Å². The summed E-state index contributed by atoms with van der Waals surface area (Å²) in [6.45, 7) is 1.49. The minimum atomic E-state index is -4.95. The first-order valence-electron chi connectivity index (χ1n) is 4.07. The first kappa shape index (κ1) is 11.7. The van der Waals surface area contributed by atoms with Crippen LogP contribution in [0.15, 0.2) is 12.1 Å². The molecule has 0 saturated heterocycles. The summed E-state index contributed by atoms with van der Waals surface area (Å²) in [5.74, 6) is -2.98. The van der Waals surface area contributed by atoms with Gasteiger partial charge in [0.25, 0.3) is 0 Å². The maximum absolute atomic E-state index is 13.0. The lowest BCUT2D eigenvalue weighted by Crippen LogP contribution is -2.17. The summed E-state index contributed by atoms with van der Waals surface area (Å²) in [4.78, 5) is 0. The number of benzene rings is 1. The average molecular weight is 226 g/mol. The van der Waals surface area contributed by atoms with E-state index in [0.29, 0.717) is 12.1 Å². The summed E-state index contributed by atoms with van der Waals surface area (Å²) in [6, 6.07) is 1.02. The molecule has 0 heterocycles. The topological polar surface area (TPSA) is 9.23 Å². The molecule has 1 aromatic rings. The maximum atomic E-state index is 13.0. The minimum Gasteiger partial charge on any atom is -0.406 e. The highest BCUT2D eigenvalue weighted by molar-refractivity contribution is 5.30. The average Bonchev–Trinajstić information content (AvgIpc) is 1.99. The zero-order valence-electron chi connectivity index (χ0n) is 7.66. The molecule has 0 spiro atoms. The van der Waals surface area contributed by atoms with Gasteiger partial charge in [-0.3, -0.25) is 0 Å². The molecule has 0 bridgehead atoms. The molecule has 1 aromatic carbocycles. The quantitative estimate of drug-likeness (QED) is 0.702. The second-order valence-corrected chi connectivity index (χ2v) is 2.77. The van der Waals surface area contributed by atoms with Gasteiger partial charge in [0.05, 0.1) is 0 Å². The Balaban J connectivity index is 3.04. The molecule has 0 aliphatic rings. The van der Waals surface area contributed by atoms with Crippen molar-refractivity contribution < 1.29 is 26.7 Å². The number of hydrogen-bond donors (Lipinski definition) is 0. The van der Waals surface area contributed by atoms with Crippen LogP contribution in [-0.2, 0) is 6.42 Å². The predicted octanol–water partition coefficient (Wildman–Crippen LogP) is 3.43. The van der Waals surface area contributed by atoms with Crippen LogP contribution in [0.25, 0.3) is 0 Å². The number of hydrogen-bond acceptors (Lipinski definition) is 1. The van der Waals surface area contributed by atoms with Crippen LogP contribution in [-0.4, -0.2) is 6.36 Å². The summed E-state index contributed by atoms with van der Waals surface area (Å²) in [7, 11) is 0. The van der Waals surface area contributed by atoms with E-state index < -0.39 is 23.7 Å². The van der Waals surface area contributed by atoms with Crippen molar-refractivity contribution in [2.75, 3.05) is 0 Å². The molecule has 15 heavy (non-hydrogen) atoms. The van der Waals surface area contributed by atoms with Crippen molar-refractivity contribution in [1.82, 2.24) is 0 Å². The van der Waals surface area contributed by atoms with Gasteiger partial charge < -0.3 is 4.74 Å².